The van der Waals surface area contributed by atoms with Gasteiger partial charge in [0.25, 0.3) is 11.7 Å². The Morgan fingerprint density at radius 2 is 1.97 bits per heavy atom. The summed E-state index contributed by atoms with van der Waals surface area (Å²) in [6.07, 6.45) is 10.5. The van der Waals surface area contributed by atoms with Gasteiger partial charge in [-0.1, -0.05) is 36.9 Å². The zero-order valence-corrected chi connectivity index (χ0v) is 21.6. The third kappa shape index (κ3) is 6.19. The molecule has 2 heterocycles. The molecule has 0 spiro atoms. The van der Waals surface area contributed by atoms with Gasteiger partial charge in [-0.2, -0.15) is 0 Å². The Morgan fingerprint density at radius 1 is 1.26 bits per heavy atom. The van der Waals surface area contributed by atoms with Crippen LogP contribution in [0.2, 0.25) is 0 Å². The van der Waals surface area contributed by atoms with E-state index in [0.717, 1.165) is 36.8 Å². The molecule has 0 bridgehead atoms. The number of carbonyl (C=O) groups excluding carboxylic acids is 2. The molecule has 1 aliphatic heterocycles. The van der Waals surface area contributed by atoms with Crippen molar-refractivity contribution in [1.82, 2.24) is 14.4 Å². The van der Waals surface area contributed by atoms with E-state index in [9.17, 15) is 9.59 Å². The van der Waals surface area contributed by atoms with Crippen LogP contribution >= 0.6 is 11.6 Å². The lowest BCUT2D eigenvalue weighted by Crippen LogP contribution is -2.49. The molecule has 3 rings (SSSR count). The first-order chi connectivity index (χ1) is 16.4. The van der Waals surface area contributed by atoms with Gasteiger partial charge in [0.05, 0.1) is 11.3 Å². The number of likely N-dealkylation sites (tertiary alicyclic amines) is 1. The SMILES string of the molecule is C=C/C=C\C(=C/C)OCc1c(C(=O)C(=O)N(C)C2CCCN(C)C2)c2ccccc2n1C.CCl. The summed E-state index contributed by atoms with van der Waals surface area (Å²) >= 11 is 4.64. The number of halogens is 1. The Kier molecular flexibility index (Phi) is 10.6. The van der Waals surface area contributed by atoms with Gasteiger partial charge in [0.1, 0.15) is 12.4 Å². The molecular weight excluding hydrogens is 450 g/mol. The highest BCUT2D eigenvalue weighted by Gasteiger charge is 2.32. The second kappa shape index (κ2) is 13.2. The maximum atomic E-state index is 13.5. The smallest absolute Gasteiger partial charge is 0.295 e. The van der Waals surface area contributed by atoms with Crippen molar-refractivity contribution in [2.24, 2.45) is 7.05 Å². The number of allylic oxidation sites excluding steroid dienone is 4. The van der Waals surface area contributed by atoms with E-state index in [0.29, 0.717) is 17.0 Å². The fraction of sp³-hybridized carbons (Fsp3) is 0.407. The van der Waals surface area contributed by atoms with Gasteiger partial charge in [-0.3, -0.25) is 9.59 Å². The Morgan fingerprint density at radius 3 is 2.62 bits per heavy atom. The average Bonchev–Trinajstić information content (AvgIpc) is 3.15. The molecule has 1 saturated heterocycles. The van der Waals surface area contributed by atoms with Crippen molar-refractivity contribution in [3.8, 4) is 0 Å². The minimum atomic E-state index is -0.486. The van der Waals surface area contributed by atoms with Crippen LogP contribution in [0.4, 0.5) is 0 Å². The van der Waals surface area contributed by atoms with E-state index >= 15 is 0 Å². The largest absolute Gasteiger partial charge is 0.488 e. The molecule has 0 saturated carbocycles. The van der Waals surface area contributed by atoms with E-state index in [-0.39, 0.29) is 12.6 Å². The van der Waals surface area contributed by atoms with E-state index in [2.05, 4.69) is 23.1 Å². The molecule has 1 aliphatic rings. The molecule has 2 aromatic rings. The van der Waals surface area contributed by atoms with Crippen LogP contribution in [0.5, 0.6) is 0 Å². The monoisotopic (exact) mass is 485 g/mol. The number of aryl methyl sites for hydroxylation is 1. The molecule has 1 atom stereocenters. The zero-order valence-electron chi connectivity index (χ0n) is 20.9. The van der Waals surface area contributed by atoms with Gasteiger partial charge >= 0.3 is 0 Å². The number of alkyl halides is 1. The molecule has 0 aliphatic carbocycles. The van der Waals surface area contributed by atoms with E-state index in [1.54, 1.807) is 24.1 Å². The van der Waals surface area contributed by atoms with Crippen LogP contribution in [-0.4, -0.2) is 65.7 Å². The summed E-state index contributed by atoms with van der Waals surface area (Å²) in [7, 11) is 5.69. The first kappa shape index (κ1) is 27.4. The quantitative estimate of drug-likeness (QED) is 0.175. The Labute approximate surface area is 208 Å². The number of benzene rings is 1. The van der Waals surface area contributed by atoms with E-state index in [1.165, 1.54) is 6.38 Å². The standard InChI is InChI=1S/C26H33N3O3.CH3Cl/c1-6-8-13-20(7-2)32-18-23-24(21-14-9-10-15-22(21)29(23)5)25(30)26(31)28(4)19-12-11-16-27(3)17-19;1-2/h6-10,13-15,19H,1,11-12,16-18H2,2-5H3;1H3/b13-8-,20-7+;. The number of piperidine rings is 1. The third-order valence-corrected chi connectivity index (χ3v) is 6.17. The summed E-state index contributed by atoms with van der Waals surface area (Å²) in [6, 6.07) is 7.70. The topological polar surface area (TPSA) is 54.8 Å². The number of hydrogen-bond donors (Lipinski definition) is 0. The molecule has 34 heavy (non-hydrogen) atoms. The van der Waals surface area contributed by atoms with Crippen LogP contribution in [0.15, 0.2) is 60.9 Å². The highest BCUT2D eigenvalue weighted by molar-refractivity contribution is 6.45. The van der Waals surface area contributed by atoms with Gasteiger partial charge in [0, 0.05) is 44.0 Å². The van der Waals surface area contributed by atoms with Crippen LogP contribution in [0.1, 0.15) is 35.8 Å². The Bertz CT molecular complexity index is 1070. The number of rotatable bonds is 8. The number of hydrogen-bond acceptors (Lipinski definition) is 4. The van der Waals surface area contributed by atoms with Crippen LogP contribution < -0.4 is 0 Å². The lowest BCUT2D eigenvalue weighted by molar-refractivity contribution is -0.128. The Balaban J connectivity index is 0.00000199. The fourth-order valence-electron chi connectivity index (χ4n) is 4.30. The number of ether oxygens (including phenoxy) is 1. The van der Waals surface area contributed by atoms with E-state index in [4.69, 9.17) is 4.74 Å². The molecule has 1 unspecified atom stereocenters. The highest BCUT2D eigenvalue weighted by atomic mass is 35.5. The number of nitrogens with zero attached hydrogens (tertiary/aromatic N) is 3. The predicted molar refractivity (Wildman–Crippen MR) is 140 cm³/mol. The molecule has 7 heteroatoms. The first-order valence-corrected chi connectivity index (χ1v) is 12.2. The molecule has 1 aromatic carbocycles. The number of para-hydroxylation sites is 1. The second-order valence-electron chi connectivity index (χ2n) is 8.28. The molecule has 1 fully saturated rings. The van der Waals surface area contributed by atoms with Crippen LogP contribution in [-0.2, 0) is 23.2 Å². The lowest BCUT2D eigenvalue weighted by Gasteiger charge is -2.35. The van der Waals surface area contributed by atoms with Gasteiger partial charge in [-0.15, -0.1) is 11.6 Å². The summed E-state index contributed by atoms with van der Waals surface area (Å²) in [4.78, 5) is 30.6. The van der Waals surface area contributed by atoms with Crippen molar-refractivity contribution in [3.05, 3.63) is 72.2 Å². The normalized spacial score (nSPS) is 16.8. The van der Waals surface area contributed by atoms with E-state index in [1.807, 2.05) is 62.0 Å². The fourth-order valence-corrected chi connectivity index (χ4v) is 4.30. The summed E-state index contributed by atoms with van der Waals surface area (Å²) < 4.78 is 7.91. The highest BCUT2D eigenvalue weighted by Crippen LogP contribution is 2.28. The van der Waals surface area contributed by atoms with Crippen LogP contribution in [0, 0.1) is 0 Å². The second-order valence-corrected chi connectivity index (χ2v) is 8.28. The predicted octanol–water partition coefficient (Wildman–Crippen LogP) is 4.93. The van der Waals surface area contributed by atoms with Gasteiger partial charge in [0.2, 0.25) is 0 Å². The molecule has 0 radical (unpaired) electrons. The number of fused-ring (bicyclic) bond motifs is 1. The average molecular weight is 486 g/mol. The van der Waals surface area contributed by atoms with Crippen molar-refractivity contribution < 1.29 is 14.3 Å². The maximum Gasteiger partial charge on any atom is 0.295 e. The maximum absolute atomic E-state index is 13.5. The lowest BCUT2D eigenvalue weighted by atomic mass is 10.0. The van der Waals surface area contributed by atoms with Crippen LogP contribution in [0.3, 0.4) is 0 Å². The number of ketones is 1. The number of carbonyl (C=O) groups is 2. The van der Waals surface area contributed by atoms with Gasteiger partial charge in [-0.25, -0.2) is 0 Å². The molecular formula is C27H36ClN3O3. The number of amides is 1. The minimum Gasteiger partial charge on any atom is -0.488 e. The van der Waals surface area contributed by atoms with Gasteiger partial charge in [-0.05, 0) is 51.6 Å². The summed E-state index contributed by atoms with van der Waals surface area (Å²) in [5.74, 6) is -0.289. The molecule has 0 N–H and O–H groups in total. The Hall–Kier alpha value is -2.83. The molecule has 6 nitrogen and oxygen atoms in total. The summed E-state index contributed by atoms with van der Waals surface area (Å²) in [5.41, 5.74) is 2.00. The number of likely N-dealkylation sites (N-methyl/N-ethyl adjacent to an activating group) is 2. The van der Waals surface area contributed by atoms with E-state index < -0.39 is 11.7 Å². The van der Waals surface area contributed by atoms with Gasteiger partial charge < -0.3 is 19.1 Å². The molecule has 1 aromatic heterocycles. The van der Waals surface area contributed by atoms with Crippen molar-refractivity contribution in [2.75, 3.05) is 33.6 Å². The van der Waals surface area contributed by atoms with Crippen LogP contribution in [0.25, 0.3) is 10.9 Å². The molecule has 1 amide bonds. The van der Waals surface area contributed by atoms with Crippen molar-refractivity contribution in [2.45, 2.75) is 32.4 Å². The van der Waals surface area contributed by atoms with Crippen molar-refractivity contribution in [1.29, 1.82) is 0 Å². The minimum absolute atomic E-state index is 0.0403. The first-order valence-electron chi connectivity index (χ1n) is 11.4. The molecule has 184 valence electrons. The zero-order chi connectivity index (χ0) is 25.3. The summed E-state index contributed by atoms with van der Waals surface area (Å²) in [5, 5.41) is 0.768. The van der Waals surface area contributed by atoms with Crippen molar-refractivity contribution in [3.63, 3.8) is 0 Å². The van der Waals surface area contributed by atoms with Gasteiger partial charge in [0.15, 0.2) is 0 Å². The van der Waals surface area contributed by atoms with Crippen molar-refractivity contribution >= 4 is 34.2 Å². The third-order valence-electron chi connectivity index (χ3n) is 6.17. The summed E-state index contributed by atoms with van der Waals surface area (Å²) in [6.45, 7) is 7.54. The number of aromatic nitrogens is 1. The number of Topliss-reactive ketones (excluding diaryl/α,β-unsaturated/α-hetero) is 1.